The molecule has 0 saturated carbocycles. The molecule has 1 aliphatic rings. The number of anilines is 1. The number of nitrogens with zero attached hydrogens (tertiary/aromatic N) is 3. The molecule has 0 aliphatic carbocycles. The summed E-state index contributed by atoms with van der Waals surface area (Å²) >= 11 is 0. The molecule has 0 N–H and O–H groups in total. The predicted octanol–water partition coefficient (Wildman–Crippen LogP) is 1.99. The van der Waals surface area contributed by atoms with Crippen LogP contribution >= 0.6 is 0 Å². The molecule has 0 unspecified atom stereocenters. The van der Waals surface area contributed by atoms with Crippen LogP contribution in [0.4, 0.5) is 5.69 Å². The second kappa shape index (κ2) is 5.93. The Hall–Kier alpha value is -2.14. The van der Waals surface area contributed by atoms with Gasteiger partial charge in [-0.1, -0.05) is 0 Å². The van der Waals surface area contributed by atoms with Gasteiger partial charge in [-0.05, 0) is 44.5 Å². The minimum atomic E-state index is -0.0384. The zero-order valence-corrected chi connectivity index (χ0v) is 13.3. The highest BCUT2D eigenvalue weighted by Crippen LogP contribution is 2.23. The quantitative estimate of drug-likeness (QED) is 0.851. The Balaban J connectivity index is 2.00. The van der Waals surface area contributed by atoms with Gasteiger partial charge in [0.2, 0.25) is 0 Å². The maximum Gasteiger partial charge on any atom is 0.258 e. The first-order chi connectivity index (χ1) is 10.6. The lowest BCUT2D eigenvalue weighted by atomic mass is 10.1. The lowest BCUT2D eigenvalue weighted by molar-refractivity contribution is 0.122. The summed E-state index contributed by atoms with van der Waals surface area (Å²) in [6.45, 7) is 9.13. The number of rotatable bonds is 2. The molecule has 0 bridgehead atoms. The van der Waals surface area contributed by atoms with Crippen molar-refractivity contribution in [3.8, 4) is 5.69 Å². The van der Waals surface area contributed by atoms with Crippen molar-refractivity contribution in [2.24, 2.45) is 0 Å². The molecular weight excluding hydrogens is 278 g/mol. The summed E-state index contributed by atoms with van der Waals surface area (Å²) < 4.78 is 7.06. The summed E-state index contributed by atoms with van der Waals surface area (Å²) in [4.78, 5) is 19.0. The summed E-state index contributed by atoms with van der Waals surface area (Å²) in [6.07, 6.45) is 0. The van der Waals surface area contributed by atoms with Gasteiger partial charge in [0.15, 0.2) is 0 Å². The average Bonchev–Trinajstić information content (AvgIpc) is 2.47. The van der Waals surface area contributed by atoms with Crippen molar-refractivity contribution in [2.75, 3.05) is 31.2 Å². The van der Waals surface area contributed by atoms with Crippen LogP contribution in [-0.4, -0.2) is 35.9 Å². The molecule has 1 saturated heterocycles. The Morgan fingerprint density at radius 1 is 1.09 bits per heavy atom. The van der Waals surface area contributed by atoms with Gasteiger partial charge in [-0.2, -0.15) is 0 Å². The molecule has 1 aromatic carbocycles. The van der Waals surface area contributed by atoms with Crippen LogP contribution in [0.3, 0.4) is 0 Å². The van der Waals surface area contributed by atoms with Gasteiger partial charge in [-0.25, -0.2) is 4.98 Å². The molecule has 1 aromatic heterocycles. The Bertz CT molecular complexity index is 746. The number of ether oxygens (including phenoxy) is 1. The summed E-state index contributed by atoms with van der Waals surface area (Å²) in [6, 6.07) is 7.69. The molecule has 22 heavy (non-hydrogen) atoms. The zero-order chi connectivity index (χ0) is 15.7. The fourth-order valence-electron chi connectivity index (χ4n) is 2.99. The van der Waals surface area contributed by atoms with Gasteiger partial charge < -0.3 is 9.64 Å². The smallest absolute Gasteiger partial charge is 0.258 e. The van der Waals surface area contributed by atoms with Crippen molar-refractivity contribution in [3.63, 3.8) is 0 Å². The van der Waals surface area contributed by atoms with E-state index in [1.54, 1.807) is 10.6 Å². The molecular formula is C17H21N3O2. The fourth-order valence-corrected chi connectivity index (χ4v) is 2.99. The van der Waals surface area contributed by atoms with Crippen LogP contribution in [0.15, 0.2) is 29.1 Å². The summed E-state index contributed by atoms with van der Waals surface area (Å²) in [5.41, 5.74) is 3.94. The molecule has 116 valence electrons. The molecule has 3 rings (SSSR count). The predicted molar refractivity (Wildman–Crippen MR) is 87.1 cm³/mol. The monoisotopic (exact) mass is 299 g/mol. The lowest BCUT2D eigenvalue weighted by Crippen LogP contribution is -2.36. The lowest BCUT2D eigenvalue weighted by Gasteiger charge is -2.30. The molecule has 0 radical (unpaired) electrons. The van der Waals surface area contributed by atoms with Crippen LogP contribution in [0.1, 0.15) is 17.1 Å². The van der Waals surface area contributed by atoms with E-state index in [2.05, 4.69) is 28.9 Å². The van der Waals surface area contributed by atoms with Crippen LogP contribution < -0.4 is 10.5 Å². The van der Waals surface area contributed by atoms with Crippen LogP contribution in [0, 0.1) is 20.8 Å². The van der Waals surface area contributed by atoms with Gasteiger partial charge in [-0.3, -0.25) is 9.36 Å². The number of benzene rings is 1. The third-order valence-electron chi connectivity index (χ3n) is 4.00. The Morgan fingerprint density at radius 2 is 1.82 bits per heavy atom. The van der Waals surface area contributed by atoms with E-state index in [0.717, 1.165) is 43.2 Å². The van der Waals surface area contributed by atoms with Gasteiger partial charge >= 0.3 is 0 Å². The number of morpholine rings is 1. The molecule has 5 nitrogen and oxygen atoms in total. The van der Waals surface area contributed by atoms with E-state index >= 15 is 0 Å². The number of aryl methyl sites for hydroxylation is 3. The highest BCUT2D eigenvalue weighted by molar-refractivity contribution is 5.57. The van der Waals surface area contributed by atoms with Crippen molar-refractivity contribution in [2.45, 2.75) is 20.8 Å². The molecule has 2 heterocycles. The van der Waals surface area contributed by atoms with E-state index < -0.39 is 0 Å². The standard InChI is InChI=1S/C17H21N3O2/c1-12-10-15(20-14(3)18-13(2)11-17(20)21)4-5-16(12)19-6-8-22-9-7-19/h4-5,10-11H,6-9H2,1-3H3. The molecule has 1 fully saturated rings. The minimum Gasteiger partial charge on any atom is -0.378 e. The largest absolute Gasteiger partial charge is 0.378 e. The van der Waals surface area contributed by atoms with E-state index in [9.17, 15) is 4.79 Å². The normalized spacial score (nSPS) is 15.1. The number of hydrogen-bond donors (Lipinski definition) is 0. The van der Waals surface area contributed by atoms with Crippen molar-refractivity contribution in [1.29, 1.82) is 0 Å². The number of hydrogen-bond acceptors (Lipinski definition) is 4. The average molecular weight is 299 g/mol. The molecule has 5 heteroatoms. The van der Waals surface area contributed by atoms with E-state index in [1.807, 2.05) is 19.9 Å². The van der Waals surface area contributed by atoms with Gasteiger partial charge in [0, 0.05) is 30.5 Å². The fraction of sp³-hybridized carbons (Fsp3) is 0.412. The van der Waals surface area contributed by atoms with Crippen LogP contribution in [0.2, 0.25) is 0 Å². The highest BCUT2D eigenvalue weighted by Gasteiger charge is 2.14. The zero-order valence-electron chi connectivity index (χ0n) is 13.3. The van der Waals surface area contributed by atoms with Crippen LogP contribution in [0.25, 0.3) is 5.69 Å². The summed E-state index contributed by atoms with van der Waals surface area (Å²) in [5.74, 6) is 0.712. The van der Waals surface area contributed by atoms with E-state index in [1.165, 1.54) is 5.69 Å². The van der Waals surface area contributed by atoms with E-state index in [4.69, 9.17) is 4.74 Å². The first-order valence-corrected chi connectivity index (χ1v) is 7.57. The maximum atomic E-state index is 12.3. The highest BCUT2D eigenvalue weighted by atomic mass is 16.5. The van der Waals surface area contributed by atoms with Gasteiger partial charge in [0.05, 0.1) is 18.9 Å². The van der Waals surface area contributed by atoms with E-state index in [-0.39, 0.29) is 5.56 Å². The summed E-state index contributed by atoms with van der Waals surface area (Å²) in [5, 5.41) is 0. The number of aromatic nitrogens is 2. The minimum absolute atomic E-state index is 0.0384. The van der Waals surface area contributed by atoms with Gasteiger partial charge in [0.1, 0.15) is 5.82 Å². The molecule has 0 atom stereocenters. The van der Waals surface area contributed by atoms with Crippen LogP contribution in [0.5, 0.6) is 0 Å². The van der Waals surface area contributed by atoms with E-state index in [0.29, 0.717) is 5.82 Å². The van der Waals surface area contributed by atoms with Crippen molar-refractivity contribution in [1.82, 2.24) is 9.55 Å². The Labute approximate surface area is 130 Å². The third-order valence-corrected chi connectivity index (χ3v) is 4.00. The SMILES string of the molecule is Cc1cc(=O)n(-c2ccc(N3CCOCC3)c(C)c2)c(C)n1. The van der Waals surface area contributed by atoms with Gasteiger partial charge in [0.25, 0.3) is 5.56 Å². The maximum absolute atomic E-state index is 12.3. The molecule has 1 aliphatic heterocycles. The second-order valence-corrected chi connectivity index (χ2v) is 5.69. The van der Waals surface area contributed by atoms with Crippen LogP contribution in [-0.2, 0) is 4.74 Å². The van der Waals surface area contributed by atoms with Crippen molar-refractivity contribution in [3.05, 3.63) is 51.7 Å². The topological polar surface area (TPSA) is 47.4 Å². The van der Waals surface area contributed by atoms with Gasteiger partial charge in [-0.15, -0.1) is 0 Å². The summed E-state index contributed by atoms with van der Waals surface area (Å²) in [7, 11) is 0. The second-order valence-electron chi connectivity index (χ2n) is 5.69. The van der Waals surface area contributed by atoms with Crippen molar-refractivity contribution < 1.29 is 4.74 Å². The first kappa shape index (κ1) is 14.8. The molecule has 0 amide bonds. The Morgan fingerprint density at radius 3 is 2.45 bits per heavy atom. The Kier molecular flexibility index (Phi) is 3.98. The molecule has 2 aromatic rings. The molecule has 0 spiro atoms. The first-order valence-electron chi connectivity index (χ1n) is 7.57. The van der Waals surface area contributed by atoms with Crippen molar-refractivity contribution >= 4 is 5.69 Å². The third kappa shape index (κ3) is 2.76.